The van der Waals surface area contributed by atoms with Gasteiger partial charge in [-0.1, -0.05) is 6.42 Å². The van der Waals surface area contributed by atoms with Gasteiger partial charge < -0.3 is 15.3 Å². The maximum atomic E-state index is 10.5. The van der Waals surface area contributed by atoms with E-state index in [1.807, 2.05) is 11.9 Å². The summed E-state index contributed by atoms with van der Waals surface area (Å²) in [7, 11) is 1.87. The monoisotopic (exact) mass is 303 g/mol. The molecule has 2 N–H and O–H groups in total. The van der Waals surface area contributed by atoms with Gasteiger partial charge in [0.15, 0.2) is 0 Å². The number of carboxylic acid groups (broad SMARTS) is 1. The minimum absolute atomic E-state index is 0.228. The normalized spacial score (nSPS) is 23.8. The third-order valence-electron chi connectivity index (χ3n) is 3.93. The SMILES string of the molecule is CN1CCCCC1C(=O)O.O=[N+]([O-])OCC1CCNCC1. The van der Waals surface area contributed by atoms with Crippen molar-refractivity contribution in [2.75, 3.05) is 33.3 Å². The molecule has 1 unspecified atom stereocenters. The van der Waals surface area contributed by atoms with E-state index in [2.05, 4.69) is 10.2 Å². The molecule has 0 bridgehead atoms. The molecule has 0 aromatic heterocycles. The smallest absolute Gasteiger partial charge is 0.320 e. The van der Waals surface area contributed by atoms with Crippen LogP contribution in [0.15, 0.2) is 0 Å². The number of likely N-dealkylation sites (tertiary alicyclic amines) is 1. The minimum Gasteiger partial charge on any atom is -0.480 e. The van der Waals surface area contributed by atoms with Gasteiger partial charge in [-0.15, -0.1) is 10.1 Å². The first-order valence-electron chi connectivity index (χ1n) is 7.41. The maximum Gasteiger partial charge on any atom is 0.320 e. The lowest BCUT2D eigenvalue weighted by molar-refractivity contribution is -0.759. The number of carbonyl (C=O) groups is 1. The predicted octanol–water partition coefficient (Wildman–Crippen LogP) is 0.750. The van der Waals surface area contributed by atoms with Crippen LogP contribution < -0.4 is 5.32 Å². The number of hydrogen-bond donors (Lipinski definition) is 2. The molecule has 2 rings (SSSR count). The number of likely N-dealkylation sites (N-methyl/N-ethyl adjacent to an activating group) is 1. The third-order valence-corrected chi connectivity index (χ3v) is 3.93. The third kappa shape index (κ3) is 7.24. The van der Waals surface area contributed by atoms with Crippen LogP contribution in [0, 0.1) is 16.0 Å². The highest BCUT2D eigenvalue weighted by molar-refractivity contribution is 5.73. The molecule has 21 heavy (non-hydrogen) atoms. The van der Waals surface area contributed by atoms with Crippen LogP contribution in [-0.2, 0) is 9.63 Å². The predicted molar refractivity (Wildman–Crippen MR) is 76.4 cm³/mol. The van der Waals surface area contributed by atoms with Crippen LogP contribution in [0.5, 0.6) is 0 Å². The lowest BCUT2D eigenvalue weighted by Gasteiger charge is -2.28. The van der Waals surface area contributed by atoms with E-state index in [4.69, 9.17) is 5.11 Å². The van der Waals surface area contributed by atoms with Gasteiger partial charge in [0.05, 0.1) is 6.61 Å². The van der Waals surface area contributed by atoms with E-state index in [9.17, 15) is 14.9 Å². The summed E-state index contributed by atoms with van der Waals surface area (Å²) in [6.07, 6.45) is 4.97. The highest BCUT2D eigenvalue weighted by Gasteiger charge is 2.24. The maximum absolute atomic E-state index is 10.5. The summed E-state index contributed by atoms with van der Waals surface area (Å²) in [6.45, 7) is 3.09. The van der Waals surface area contributed by atoms with Gasteiger partial charge in [-0.2, -0.15) is 0 Å². The minimum atomic E-state index is -0.720. The zero-order valence-electron chi connectivity index (χ0n) is 12.5. The number of piperidine rings is 2. The van der Waals surface area contributed by atoms with Gasteiger partial charge in [0.1, 0.15) is 6.04 Å². The van der Waals surface area contributed by atoms with E-state index in [0.29, 0.717) is 5.92 Å². The van der Waals surface area contributed by atoms with E-state index in [-0.39, 0.29) is 12.6 Å². The molecule has 2 fully saturated rings. The van der Waals surface area contributed by atoms with Gasteiger partial charge >= 0.3 is 5.97 Å². The summed E-state index contributed by atoms with van der Waals surface area (Å²) in [5.74, 6) is -0.316. The standard InChI is InChI=1S/C7H13NO2.C6H12N2O3/c1-8-5-3-2-4-6(8)7(9)10;9-8(10)11-5-6-1-3-7-4-2-6/h6H,2-5H2,1H3,(H,9,10);6-7H,1-5H2. The lowest BCUT2D eigenvalue weighted by Crippen LogP contribution is -2.41. The molecular weight excluding hydrogens is 278 g/mol. The molecule has 1 atom stereocenters. The summed E-state index contributed by atoms with van der Waals surface area (Å²) in [5.41, 5.74) is 0. The fourth-order valence-corrected chi connectivity index (χ4v) is 2.60. The Hall–Kier alpha value is -1.41. The van der Waals surface area contributed by atoms with E-state index < -0.39 is 11.1 Å². The molecule has 8 heteroatoms. The van der Waals surface area contributed by atoms with Crippen LogP contribution in [0.2, 0.25) is 0 Å². The van der Waals surface area contributed by atoms with Crippen molar-refractivity contribution in [3.05, 3.63) is 10.1 Å². The molecule has 0 aromatic carbocycles. The van der Waals surface area contributed by atoms with Crippen molar-refractivity contribution < 1.29 is 19.8 Å². The molecule has 0 aromatic rings. The fourth-order valence-electron chi connectivity index (χ4n) is 2.60. The zero-order chi connectivity index (χ0) is 15.7. The Morgan fingerprint density at radius 2 is 2.05 bits per heavy atom. The Balaban J connectivity index is 0.000000211. The topological polar surface area (TPSA) is 105 Å². The summed E-state index contributed by atoms with van der Waals surface area (Å²) < 4.78 is 0. The molecule has 0 saturated carbocycles. The van der Waals surface area contributed by atoms with Crippen LogP contribution in [-0.4, -0.2) is 60.4 Å². The Kier molecular flexibility index (Phi) is 7.99. The molecule has 0 aliphatic carbocycles. The van der Waals surface area contributed by atoms with Crippen molar-refractivity contribution in [1.29, 1.82) is 0 Å². The Morgan fingerprint density at radius 3 is 2.52 bits per heavy atom. The van der Waals surface area contributed by atoms with Crippen LogP contribution in [0.4, 0.5) is 0 Å². The first-order chi connectivity index (χ1) is 10.0. The van der Waals surface area contributed by atoms with Gasteiger partial charge in [0.25, 0.3) is 5.09 Å². The van der Waals surface area contributed by atoms with Gasteiger partial charge in [-0.25, -0.2) is 0 Å². The Labute approximate surface area is 124 Å². The molecule has 2 aliphatic rings. The number of aliphatic carboxylic acids is 1. The van der Waals surface area contributed by atoms with Crippen molar-refractivity contribution in [3.8, 4) is 0 Å². The Morgan fingerprint density at radius 1 is 1.38 bits per heavy atom. The zero-order valence-corrected chi connectivity index (χ0v) is 12.5. The van der Waals surface area contributed by atoms with Gasteiger partial charge in [-0.05, 0) is 58.3 Å². The van der Waals surface area contributed by atoms with Crippen molar-refractivity contribution in [1.82, 2.24) is 10.2 Å². The molecule has 122 valence electrons. The molecule has 0 radical (unpaired) electrons. The average molecular weight is 303 g/mol. The Bertz CT molecular complexity index is 334. The summed E-state index contributed by atoms with van der Waals surface area (Å²) >= 11 is 0. The van der Waals surface area contributed by atoms with E-state index >= 15 is 0 Å². The second-order valence-electron chi connectivity index (χ2n) is 5.54. The highest BCUT2D eigenvalue weighted by Crippen LogP contribution is 2.14. The molecule has 8 nitrogen and oxygen atoms in total. The average Bonchev–Trinajstić information content (AvgIpc) is 2.47. The quantitative estimate of drug-likeness (QED) is 0.583. The second kappa shape index (κ2) is 9.51. The number of rotatable bonds is 4. The molecule has 0 amide bonds. The van der Waals surface area contributed by atoms with E-state index in [1.165, 1.54) is 0 Å². The van der Waals surface area contributed by atoms with Crippen molar-refractivity contribution in [2.24, 2.45) is 5.92 Å². The number of hydrogen-bond acceptors (Lipinski definition) is 6. The highest BCUT2D eigenvalue weighted by atomic mass is 16.9. The van der Waals surface area contributed by atoms with Gasteiger partial charge in [0, 0.05) is 0 Å². The van der Waals surface area contributed by atoms with E-state index in [1.54, 1.807) is 0 Å². The number of nitrogens with one attached hydrogen (secondary N) is 1. The summed E-state index contributed by atoms with van der Waals surface area (Å²) in [5, 5.41) is 20.9. The largest absolute Gasteiger partial charge is 0.480 e. The summed E-state index contributed by atoms with van der Waals surface area (Å²) in [4.78, 5) is 26.5. The summed E-state index contributed by atoms with van der Waals surface area (Å²) in [6, 6.07) is -0.228. The van der Waals surface area contributed by atoms with Crippen molar-refractivity contribution >= 4 is 5.97 Å². The van der Waals surface area contributed by atoms with E-state index in [0.717, 1.165) is 51.7 Å². The molecule has 2 aliphatic heterocycles. The van der Waals surface area contributed by atoms with Gasteiger partial charge in [-0.3, -0.25) is 9.69 Å². The first kappa shape index (κ1) is 17.6. The second-order valence-corrected chi connectivity index (χ2v) is 5.54. The first-order valence-corrected chi connectivity index (χ1v) is 7.41. The molecule has 0 spiro atoms. The molecular formula is C13H25N3O5. The lowest BCUT2D eigenvalue weighted by atomic mass is 10.00. The number of carboxylic acids is 1. The van der Waals surface area contributed by atoms with Crippen LogP contribution >= 0.6 is 0 Å². The number of nitrogens with zero attached hydrogens (tertiary/aromatic N) is 2. The molecule has 2 saturated heterocycles. The molecule has 2 heterocycles. The van der Waals surface area contributed by atoms with Gasteiger partial charge in [0.2, 0.25) is 0 Å². The fraction of sp³-hybridized carbons (Fsp3) is 0.923. The van der Waals surface area contributed by atoms with Crippen LogP contribution in [0.1, 0.15) is 32.1 Å². The van der Waals surface area contributed by atoms with Crippen molar-refractivity contribution in [2.45, 2.75) is 38.1 Å². The van der Waals surface area contributed by atoms with Crippen LogP contribution in [0.3, 0.4) is 0 Å². The van der Waals surface area contributed by atoms with Crippen molar-refractivity contribution in [3.63, 3.8) is 0 Å². The van der Waals surface area contributed by atoms with Crippen LogP contribution in [0.25, 0.3) is 0 Å².